The van der Waals surface area contributed by atoms with Crippen LogP contribution in [0.2, 0.25) is 0 Å². The monoisotopic (exact) mass is 565 g/mol. The zero-order chi connectivity index (χ0) is 29.3. The van der Waals surface area contributed by atoms with E-state index in [2.05, 4.69) is 5.32 Å². The molecule has 0 radical (unpaired) electrons. The maximum atomic E-state index is 14.0. The minimum atomic E-state index is -4.11. The van der Waals surface area contributed by atoms with E-state index in [1.165, 1.54) is 17.0 Å². The van der Waals surface area contributed by atoms with Crippen molar-refractivity contribution in [1.82, 2.24) is 10.2 Å². The van der Waals surface area contributed by atoms with Gasteiger partial charge < -0.3 is 15.0 Å². The van der Waals surface area contributed by atoms with Crippen LogP contribution in [0.15, 0.2) is 83.8 Å². The van der Waals surface area contributed by atoms with Gasteiger partial charge in [-0.15, -0.1) is 0 Å². The van der Waals surface area contributed by atoms with E-state index in [4.69, 9.17) is 4.74 Å². The van der Waals surface area contributed by atoms with Crippen LogP contribution in [0, 0.1) is 6.92 Å². The average molecular weight is 566 g/mol. The van der Waals surface area contributed by atoms with Gasteiger partial charge in [-0.1, -0.05) is 55.0 Å². The number of sulfonamides is 1. The first kappa shape index (κ1) is 30.7. The van der Waals surface area contributed by atoms with E-state index in [1.807, 2.05) is 52.0 Å². The van der Waals surface area contributed by atoms with Crippen LogP contribution in [0.4, 0.5) is 5.69 Å². The van der Waals surface area contributed by atoms with Gasteiger partial charge in [-0.25, -0.2) is 8.42 Å². The highest BCUT2D eigenvalue weighted by molar-refractivity contribution is 7.92. The molecule has 0 spiro atoms. The van der Waals surface area contributed by atoms with Crippen molar-refractivity contribution in [2.24, 2.45) is 0 Å². The van der Waals surface area contributed by atoms with Gasteiger partial charge in [0.2, 0.25) is 11.8 Å². The highest BCUT2D eigenvalue weighted by Crippen LogP contribution is 2.26. The quantitative estimate of drug-likeness (QED) is 0.317. The van der Waals surface area contributed by atoms with Gasteiger partial charge in [0.05, 0.1) is 17.2 Å². The number of amides is 2. The Balaban J connectivity index is 2.01. The summed E-state index contributed by atoms with van der Waals surface area (Å²) in [5, 5.41) is 2.94. The number of carbonyl (C=O) groups excluding carboxylic acids is 2. The molecule has 0 aliphatic carbocycles. The fourth-order valence-corrected chi connectivity index (χ4v) is 5.50. The van der Waals surface area contributed by atoms with Crippen LogP contribution in [0.1, 0.15) is 45.2 Å². The topological polar surface area (TPSA) is 96.0 Å². The summed E-state index contributed by atoms with van der Waals surface area (Å²) in [5.41, 5.74) is 2.22. The summed E-state index contributed by atoms with van der Waals surface area (Å²) >= 11 is 0. The van der Waals surface area contributed by atoms with Crippen molar-refractivity contribution in [3.8, 4) is 5.75 Å². The van der Waals surface area contributed by atoms with E-state index < -0.39 is 28.5 Å². The maximum Gasteiger partial charge on any atom is 0.264 e. The molecule has 0 saturated carbocycles. The molecule has 2 amide bonds. The Bertz CT molecular complexity index is 1360. The summed E-state index contributed by atoms with van der Waals surface area (Å²) in [5.74, 6) is -0.208. The molecule has 214 valence electrons. The summed E-state index contributed by atoms with van der Waals surface area (Å²) in [6.07, 6.45) is 0.741. The van der Waals surface area contributed by atoms with Crippen LogP contribution in [-0.4, -0.2) is 50.4 Å². The maximum absolute atomic E-state index is 14.0. The van der Waals surface area contributed by atoms with Crippen molar-refractivity contribution >= 4 is 27.5 Å². The summed E-state index contributed by atoms with van der Waals surface area (Å²) < 4.78 is 34.3. The lowest BCUT2D eigenvalue weighted by atomic mass is 10.1. The Labute approximate surface area is 238 Å². The van der Waals surface area contributed by atoms with Gasteiger partial charge in [-0.05, 0) is 76.1 Å². The van der Waals surface area contributed by atoms with E-state index in [0.717, 1.165) is 21.9 Å². The van der Waals surface area contributed by atoms with Crippen molar-refractivity contribution in [1.29, 1.82) is 0 Å². The Morgan fingerprint density at radius 2 is 1.52 bits per heavy atom. The summed E-state index contributed by atoms with van der Waals surface area (Å²) in [4.78, 5) is 28.6. The molecule has 8 nitrogen and oxygen atoms in total. The number of hydrogen-bond acceptors (Lipinski definition) is 5. The second kappa shape index (κ2) is 14.0. The fourth-order valence-electron chi connectivity index (χ4n) is 4.06. The Kier molecular flexibility index (Phi) is 10.7. The molecular weight excluding hydrogens is 526 g/mol. The van der Waals surface area contributed by atoms with Gasteiger partial charge in [-0.3, -0.25) is 13.9 Å². The van der Waals surface area contributed by atoms with Gasteiger partial charge in [0.25, 0.3) is 10.0 Å². The number of aryl methyl sites for hydroxylation is 1. The minimum Gasteiger partial charge on any atom is -0.494 e. The van der Waals surface area contributed by atoms with Crippen LogP contribution in [-0.2, 0) is 26.2 Å². The van der Waals surface area contributed by atoms with E-state index in [-0.39, 0.29) is 23.4 Å². The van der Waals surface area contributed by atoms with Crippen molar-refractivity contribution in [3.05, 3.63) is 90.0 Å². The molecule has 0 aromatic heterocycles. The van der Waals surface area contributed by atoms with Crippen molar-refractivity contribution in [3.63, 3.8) is 0 Å². The number of nitrogens with zero attached hydrogens (tertiary/aromatic N) is 2. The fraction of sp³-hybridized carbons (Fsp3) is 0.355. The molecule has 3 aromatic rings. The first-order valence-electron chi connectivity index (χ1n) is 13.5. The van der Waals surface area contributed by atoms with Crippen molar-refractivity contribution < 1.29 is 22.7 Å². The normalized spacial score (nSPS) is 12.7. The summed E-state index contributed by atoms with van der Waals surface area (Å²) in [6, 6.07) is 21.3. The molecule has 0 unspecified atom stereocenters. The van der Waals surface area contributed by atoms with Gasteiger partial charge >= 0.3 is 0 Å². The SMILES string of the molecule is CCOc1ccc(N(CC(=O)N(Cc2ccc(C)cc2)[C@@H](C)C(=O)N[C@@H](C)CC)S(=O)(=O)c2ccccc2)cc1. The van der Waals surface area contributed by atoms with Crippen LogP contribution in [0.3, 0.4) is 0 Å². The lowest BCUT2D eigenvalue weighted by molar-refractivity contribution is -0.139. The molecule has 0 aliphatic heterocycles. The molecule has 0 saturated heterocycles. The summed E-state index contributed by atoms with van der Waals surface area (Å²) in [6.45, 7) is 9.49. The molecular formula is C31H39N3O5S. The molecule has 0 aliphatic rings. The van der Waals surface area contributed by atoms with Gasteiger partial charge in [0, 0.05) is 12.6 Å². The number of rotatable bonds is 13. The molecule has 9 heteroatoms. The van der Waals surface area contributed by atoms with Crippen molar-refractivity contribution in [2.45, 2.75) is 64.6 Å². The molecule has 0 fully saturated rings. The van der Waals surface area contributed by atoms with E-state index in [9.17, 15) is 18.0 Å². The Hall–Kier alpha value is -3.85. The van der Waals surface area contributed by atoms with E-state index in [1.54, 1.807) is 49.4 Å². The van der Waals surface area contributed by atoms with Crippen molar-refractivity contribution in [2.75, 3.05) is 17.5 Å². The van der Waals surface area contributed by atoms with Crippen LogP contribution in [0.5, 0.6) is 5.75 Å². The highest BCUT2D eigenvalue weighted by atomic mass is 32.2. The summed E-state index contributed by atoms with van der Waals surface area (Å²) in [7, 11) is -4.11. The molecule has 0 bridgehead atoms. The molecule has 1 N–H and O–H groups in total. The lowest BCUT2D eigenvalue weighted by Gasteiger charge is -2.32. The third-order valence-electron chi connectivity index (χ3n) is 6.69. The number of hydrogen-bond donors (Lipinski definition) is 1. The van der Waals surface area contributed by atoms with E-state index in [0.29, 0.717) is 18.0 Å². The van der Waals surface area contributed by atoms with Gasteiger partial charge in [-0.2, -0.15) is 0 Å². The molecule has 40 heavy (non-hydrogen) atoms. The zero-order valence-electron chi connectivity index (χ0n) is 23.8. The first-order chi connectivity index (χ1) is 19.1. The standard InChI is InChI=1S/C31H39N3O5S/c1-6-24(4)32-31(36)25(5)33(21-26-15-13-23(3)14-16-26)30(35)22-34(27-17-19-28(20-18-27)39-7-2)40(37,38)29-11-9-8-10-12-29/h8-20,24-25H,6-7,21-22H2,1-5H3,(H,32,36)/t24-,25-/m0/s1. The lowest BCUT2D eigenvalue weighted by Crippen LogP contribution is -2.52. The number of carbonyl (C=O) groups is 2. The molecule has 2 atom stereocenters. The average Bonchev–Trinajstić information content (AvgIpc) is 2.96. The third kappa shape index (κ3) is 7.85. The first-order valence-corrected chi connectivity index (χ1v) is 15.0. The van der Waals surface area contributed by atoms with Crippen LogP contribution < -0.4 is 14.4 Å². The second-order valence-electron chi connectivity index (χ2n) is 9.75. The van der Waals surface area contributed by atoms with Gasteiger partial charge in [0.1, 0.15) is 18.3 Å². The molecule has 3 rings (SSSR count). The van der Waals surface area contributed by atoms with Crippen LogP contribution >= 0.6 is 0 Å². The number of ether oxygens (including phenoxy) is 1. The van der Waals surface area contributed by atoms with E-state index >= 15 is 0 Å². The second-order valence-corrected chi connectivity index (χ2v) is 11.6. The van der Waals surface area contributed by atoms with Crippen LogP contribution in [0.25, 0.3) is 0 Å². The number of benzene rings is 3. The number of anilines is 1. The smallest absolute Gasteiger partial charge is 0.264 e. The Morgan fingerprint density at radius 3 is 2.10 bits per heavy atom. The molecule has 3 aromatic carbocycles. The third-order valence-corrected chi connectivity index (χ3v) is 8.48. The highest BCUT2D eigenvalue weighted by Gasteiger charge is 2.32. The largest absolute Gasteiger partial charge is 0.494 e. The predicted octanol–water partition coefficient (Wildman–Crippen LogP) is 4.92. The Morgan fingerprint density at radius 1 is 0.900 bits per heavy atom. The molecule has 0 heterocycles. The predicted molar refractivity (Wildman–Crippen MR) is 158 cm³/mol. The van der Waals surface area contributed by atoms with Gasteiger partial charge in [0.15, 0.2) is 0 Å². The minimum absolute atomic E-state index is 0.0596. The zero-order valence-corrected chi connectivity index (χ0v) is 24.6. The number of nitrogens with one attached hydrogen (secondary N) is 1.